The van der Waals surface area contributed by atoms with Crippen molar-refractivity contribution in [3.8, 4) is 17.2 Å². The highest BCUT2D eigenvalue weighted by molar-refractivity contribution is 7.13. The second kappa shape index (κ2) is 12.7. The molecule has 2 amide bonds. The van der Waals surface area contributed by atoms with Crippen molar-refractivity contribution in [2.45, 2.75) is 13.0 Å². The first-order valence-corrected chi connectivity index (χ1v) is 11.4. The van der Waals surface area contributed by atoms with Gasteiger partial charge in [-0.1, -0.05) is 0 Å². The molecule has 0 aliphatic heterocycles. The highest BCUT2D eigenvalue weighted by Gasteiger charge is 2.14. The van der Waals surface area contributed by atoms with Crippen LogP contribution in [0.1, 0.15) is 27.6 Å². The van der Waals surface area contributed by atoms with Gasteiger partial charge in [-0.05, 0) is 43.3 Å². The van der Waals surface area contributed by atoms with Gasteiger partial charge in [-0.3, -0.25) is 14.9 Å². The van der Waals surface area contributed by atoms with Crippen LogP contribution in [0.2, 0.25) is 0 Å². The SMILES string of the molecule is COCCNC(=O)c1ccc(Oc2cc(O[C@@H](C)COC)cc(C(=O)Nc3nccs3)c2)cc1. The van der Waals surface area contributed by atoms with Gasteiger partial charge in [0, 0.05) is 49.5 Å². The molecule has 0 radical (unpaired) electrons. The van der Waals surface area contributed by atoms with Gasteiger partial charge in [0.05, 0.1) is 13.2 Å². The van der Waals surface area contributed by atoms with E-state index in [4.69, 9.17) is 18.9 Å². The summed E-state index contributed by atoms with van der Waals surface area (Å²) in [5, 5.41) is 7.78. The molecular formula is C24H27N3O6S. The van der Waals surface area contributed by atoms with Crippen LogP contribution in [0.25, 0.3) is 0 Å². The molecule has 1 atom stereocenters. The molecule has 180 valence electrons. The fourth-order valence-corrected chi connectivity index (χ4v) is 3.49. The van der Waals surface area contributed by atoms with Crippen molar-refractivity contribution in [3.63, 3.8) is 0 Å². The standard InChI is InChI=1S/C24H27N3O6S/c1-16(15-31-3)32-20-12-18(23(29)27-24-26-9-11-34-24)13-21(14-20)33-19-6-4-17(5-7-19)22(28)25-8-10-30-2/h4-7,9,11-14,16H,8,10,15H2,1-3H3,(H,25,28)(H,26,27,29)/t16-/m0/s1. The largest absolute Gasteiger partial charge is 0.488 e. The first-order valence-electron chi connectivity index (χ1n) is 10.5. The normalized spacial score (nSPS) is 11.5. The number of thiazole rings is 1. The summed E-state index contributed by atoms with van der Waals surface area (Å²) in [5.74, 6) is 0.825. The first-order chi connectivity index (χ1) is 16.5. The maximum atomic E-state index is 12.8. The van der Waals surface area contributed by atoms with Gasteiger partial charge in [0.15, 0.2) is 5.13 Å². The van der Waals surface area contributed by atoms with E-state index >= 15 is 0 Å². The number of hydrogen-bond acceptors (Lipinski definition) is 8. The number of ether oxygens (including phenoxy) is 4. The van der Waals surface area contributed by atoms with E-state index < -0.39 is 0 Å². The van der Waals surface area contributed by atoms with Crippen LogP contribution in [0.3, 0.4) is 0 Å². The molecule has 0 aliphatic carbocycles. The minimum Gasteiger partial charge on any atom is -0.488 e. The summed E-state index contributed by atoms with van der Waals surface area (Å²) in [6.45, 7) is 3.11. The summed E-state index contributed by atoms with van der Waals surface area (Å²) in [4.78, 5) is 29.0. The first kappa shape index (κ1) is 25.2. The average molecular weight is 486 g/mol. The molecule has 3 rings (SSSR count). The molecule has 1 heterocycles. The number of nitrogens with zero attached hydrogens (tertiary/aromatic N) is 1. The summed E-state index contributed by atoms with van der Waals surface area (Å²) in [5.41, 5.74) is 0.846. The Balaban J connectivity index is 1.77. The molecule has 0 fully saturated rings. The van der Waals surface area contributed by atoms with E-state index in [1.54, 1.807) is 68.3 Å². The number of methoxy groups -OCH3 is 2. The van der Waals surface area contributed by atoms with Gasteiger partial charge in [-0.15, -0.1) is 11.3 Å². The van der Waals surface area contributed by atoms with E-state index in [-0.39, 0.29) is 17.9 Å². The average Bonchev–Trinajstić information content (AvgIpc) is 3.32. The Hall–Kier alpha value is -3.47. The minimum atomic E-state index is -0.340. The van der Waals surface area contributed by atoms with Crippen molar-refractivity contribution in [2.75, 3.05) is 39.3 Å². The number of hydrogen-bond donors (Lipinski definition) is 2. The molecule has 3 aromatic rings. The highest BCUT2D eigenvalue weighted by atomic mass is 32.1. The lowest BCUT2D eigenvalue weighted by Crippen LogP contribution is -2.26. The lowest BCUT2D eigenvalue weighted by Gasteiger charge is -2.16. The second-order valence-electron chi connectivity index (χ2n) is 7.24. The molecule has 2 N–H and O–H groups in total. The van der Waals surface area contributed by atoms with Crippen LogP contribution in [-0.2, 0) is 9.47 Å². The van der Waals surface area contributed by atoms with E-state index in [2.05, 4.69) is 15.6 Å². The predicted octanol–water partition coefficient (Wildman–Crippen LogP) is 3.98. The minimum absolute atomic E-state index is 0.202. The second-order valence-corrected chi connectivity index (χ2v) is 8.14. The number of carbonyl (C=O) groups excluding carboxylic acids is 2. The van der Waals surface area contributed by atoms with Crippen LogP contribution in [0.4, 0.5) is 5.13 Å². The Bertz CT molecular complexity index is 1070. The zero-order chi connectivity index (χ0) is 24.3. The zero-order valence-corrected chi connectivity index (χ0v) is 20.0. The summed E-state index contributed by atoms with van der Waals surface area (Å²) in [7, 11) is 3.17. The van der Waals surface area contributed by atoms with Crippen LogP contribution in [0, 0.1) is 0 Å². The Morgan fingerprint density at radius 2 is 1.74 bits per heavy atom. The fourth-order valence-electron chi connectivity index (χ4n) is 2.96. The van der Waals surface area contributed by atoms with Crippen molar-refractivity contribution >= 4 is 28.3 Å². The third-order valence-corrected chi connectivity index (χ3v) is 5.17. The van der Waals surface area contributed by atoms with Crippen molar-refractivity contribution in [1.29, 1.82) is 0 Å². The lowest BCUT2D eigenvalue weighted by atomic mass is 10.1. The molecule has 0 unspecified atom stereocenters. The molecule has 0 bridgehead atoms. The number of anilines is 1. The number of amides is 2. The maximum absolute atomic E-state index is 12.8. The van der Waals surface area contributed by atoms with Crippen LogP contribution in [-0.4, -0.2) is 56.9 Å². The highest BCUT2D eigenvalue weighted by Crippen LogP contribution is 2.29. The van der Waals surface area contributed by atoms with Gasteiger partial charge in [-0.2, -0.15) is 0 Å². The quantitative estimate of drug-likeness (QED) is 0.374. The summed E-state index contributed by atoms with van der Waals surface area (Å²) in [6, 6.07) is 11.6. The van der Waals surface area contributed by atoms with Crippen LogP contribution in [0.5, 0.6) is 17.2 Å². The fraction of sp³-hybridized carbons (Fsp3) is 0.292. The molecule has 0 aliphatic rings. The Kier molecular flexibility index (Phi) is 9.39. The maximum Gasteiger partial charge on any atom is 0.257 e. The third-order valence-electron chi connectivity index (χ3n) is 4.48. The molecule has 0 saturated carbocycles. The Morgan fingerprint density at radius 1 is 0.971 bits per heavy atom. The zero-order valence-electron chi connectivity index (χ0n) is 19.2. The molecule has 0 saturated heterocycles. The summed E-state index contributed by atoms with van der Waals surface area (Å²) >= 11 is 1.32. The predicted molar refractivity (Wildman–Crippen MR) is 129 cm³/mol. The Labute approximate surface area is 202 Å². The summed E-state index contributed by atoms with van der Waals surface area (Å²) in [6.07, 6.45) is 1.38. The van der Waals surface area contributed by atoms with E-state index in [0.29, 0.717) is 53.3 Å². The number of benzene rings is 2. The number of carbonyl (C=O) groups is 2. The van der Waals surface area contributed by atoms with Crippen molar-refractivity contribution in [1.82, 2.24) is 10.3 Å². The van der Waals surface area contributed by atoms with E-state index in [9.17, 15) is 9.59 Å². The van der Waals surface area contributed by atoms with Gasteiger partial charge in [0.1, 0.15) is 23.4 Å². The number of nitrogens with one attached hydrogen (secondary N) is 2. The molecule has 0 spiro atoms. The topological polar surface area (TPSA) is 108 Å². The monoisotopic (exact) mass is 485 g/mol. The third kappa shape index (κ3) is 7.55. The molecular weight excluding hydrogens is 458 g/mol. The van der Waals surface area contributed by atoms with E-state index in [1.165, 1.54) is 11.3 Å². The van der Waals surface area contributed by atoms with E-state index in [1.807, 2.05) is 6.92 Å². The van der Waals surface area contributed by atoms with E-state index in [0.717, 1.165) is 0 Å². The lowest BCUT2D eigenvalue weighted by molar-refractivity contribution is 0.0916. The van der Waals surface area contributed by atoms with Crippen LogP contribution < -0.4 is 20.1 Å². The molecule has 9 nitrogen and oxygen atoms in total. The number of aromatic nitrogens is 1. The van der Waals surface area contributed by atoms with Crippen LogP contribution >= 0.6 is 11.3 Å². The number of rotatable bonds is 12. The van der Waals surface area contributed by atoms with Crippen molar-refractivity contribution in [2.24, 2.45) is 0 Å². The van der Waals surface area contributed by atoms with Crippen molar-refractivity contribution in [3.05, 3.63) is 65.2 Å². The van der Waals surface area contributed by atoms with Crippen molar-refractivity contribution < 1.29 is 28.5 Å². The van der Waals surface area contributed by atoms with Gasteiger partial charge < -0.3 is 24.3 Å². The molecule has 10 heteroatoms. The van der Waals surface area contributed by atoms with Gasteiger partial charge in [0.25, 0.3) is 11.8 Å². The molecule has 34 heavy (non-hydrogen) atoms. The van der Waals surface area contributed by atoms with Crippen LogP contribution in [0.15, 0.2) is 54.0 Å². The molecule has 2 aromatic carbocycles. The molecule has 1 aromatic heterocycles. The van der Waals surface area contributed by atoms with Gasteiger partial charge in [0.2, 0.25) is 0 Å². The smallest absolute Gasteiger partial charge is 0.257 e. The Morgan fingerprint density at radius 3 is 2.41 bits per heavy atom. The van der Waals surface area contributed by atoms with Gasteiger partial charge in [-0.25, -0.2) is 4.98 Å². The summed E-state index contributed by atoms with van der Waals surface area (Å²) < 4.78 is 21.9. The van der Waals surface area contributed by atoms with Gasteiger partial charge >= 0.3 is 0 Å².